The molecule has 0 amide bonds. The lowest BCUT2D eigenvalue weighted by Crippen LogP contribution is -1.99. The molecule has 0 saturated heterocycles. The zero-order chi connectivity index (χ0) is 15.9. The minimum absolute atomic E-state index is 0.280. The second-order valence-electron chi connectivity index (χ2n) is 4.89. The van der Waals surface area contributed by atoms with E-state index in [9.17, 15) is 9.90 Å². The molecule has 6 heteroatoms. The van der Waals surface area contributed by atoms with Gasteiger partial charge in [-0.2, -0.15) is 0 Å². The molecular weight excluding hydrogens is 389 g/mol. The van der Waals surface area contributed by atoms with Crippen molar-refractivity contribution in [2.45, 2.75) is 6.54 Å². The standard InChI is InChI=1S/C16H10BrCl2NO2/c17-10-2-3-11-12(16(21)22)8-20(15(11)6-10)7-9-1-4-13(18)14(19)5-9/h1-6,8H,7H2,(H,21,22). The number of hydrogen-bond donors (Lipinski definition) is 1. The maximum atomic E-state index is 11.4. The molecular formula is C16H10BrCl2NO2. The zero-order valence-corrected chi connectivity index (χ0v) is 14.3. The van der Waals surface area contributed by atoms with Gasteiger partial charge in [-0.3, -0.25) is 0 Å². The highest BCUT2D eigenvalue weighted by Crippen LogP contribution is 2.27. The number of carbonyl (C=O) groups is 1. The smallest absolute Gasteiger partial charge is 0.337 e. The molecule has 1 heterocycles. The van der Waals surface area contributed by atoms with Crippen molar-refractivity contribution in [1.82, 2.24) is 4.57 Å². The fourth-order valence-corrected chi connectivity index (χ4v) is 3.07. The Bertz CT molecular complexity index is 889. The summed E-state index contributed by atoms with van der Waals surface area (Å²) in [4.78, 5) is 11.4. The van der Waals surface area contributed by atoms with Gasteiger partial charge in [0.25, 0.3) is 0 Å². The topological polar surface area (TPSA) is 42.2 Å². The van der Waals surface area contributed by atoms with Crippen LogP contribution < -0.4 is 0 Å². The molecule has 0 atom stereocenters. The van der Waals surface area contributed by atoms with E-state index in [2.05, 4.69) is 15.9 Å². The third-order valence-corrected chi connectivity index (χ3v) is 4.64. The van der Waals surface area contributed by atoms with Gasteiger partial charge in [0.15, 0.2) is 0 Å². The third-order valence-electron chi connectivity index (χ3n) is 3.41. The normalized spacial score (nSPS) is 11.0. The molecule has 0 aliphatic carbocycles. The van der Waals surface area contributed by atoms with Crippen LogP contribution in [0.1, 0.15) is 15.9 Å². The predicted molar refractivity (Wildman–Crippen MR) is 92.2 cm³/mol. The van der Waals surface area contributed by atoms with E-state index in [4.69, 9.17) is 23.2 Å². The maximum Gasteiger partial charge on any atom is 0.337 e. The maximum absolute atomic E-state index is 11.4. The molecule has 3 aromatic rings. The Labute approximate surface area is 145 Å². The van der Waals surface area contributed by atoms with E-state index in [0.29, 0.717) is 22.0 Å². The van der Waals surface area contributed by atoms with Crippen LogP contribution in [0.4, 0.5) is 0 Å². The van der Waals surface area contributed by atoms with Gasteiger partial charge in [0.05, 0.1) is 21.1 Å². The van der Waals surface area contributed by atoms with Crippen LogP contribution in [0.5, 0.6) is 0 Å². The van der Waals surface area contributed by atoms with E-state index in [0.717, 1.165) is 15.6 Å². The molecule has 0 spiro atoms. The van der Waals surface area contributed by atoms with Crippen molar-refractivity contribution in [3.8, 4) is 0 Å². The molecule has 3 rings (SSSR count). The van der Waals surface area contributed by atoms with Gasteiger partial charge in [-0.25, -0.2) is 4.79 Å². The highest BCUT2D eigenvalue weighted by Gasteiger charge is 2.14. The quantitative estimate of drug-likeness (QED) is 0.636. The molecule has 0 radical (unpaired) electrons. The van der Waals surface area contributed by atoms with Crippen LogP contribution in [0, 0.1) is 0 Å². The van der Waals surface area contributed by atoms with Gasteiger partial charge in [0.1, 0.15) is 0 Å². The molecule has 22 heavy (non-hydrogen) atoms. The summed E-state index contributed by atoms with van der Waals surface area (Å²) in [5, 5.41) is 11.0. The molecule has 1 aromatic heterocycles. The summed E-state index contributed by atoms with van der Waals surface area (Å²) in [7, 11) is 0. The monoisotopic (exact) mass is 397 g/mol. The lowest BCUT2D eigenvalue weighted by atomic mass is 10.2. The number of rotatable bonds is 3. The summed E-state index contributed by atoms with van der Waals surface area (Å²) < 4.78 is 2.79. The molecule has 0 saturated carbocycles. The second kappa shape index (κ2) is 5.95. The number of carboxylic acids is 1. The van der Waals surface area contributed by atoms with E-state index in [-0.39, 0.29) is 5.56 Å². The Morgan fingerprint density at radius 1 is 1.14 bits per heavy atom. The molecule has 112 valence electrons. The highest BCUT2D eigenvalue weighted by atomic mass is 79.9. The summed E-state index contributed by atoms with van der Waals surface area (Å²) >= 11 is 15.4. The number of aromatic nitrogens is 1. The zero-order valence-electron chi connectivity index (χ0n) is 11.2. The van der Waals surface area contributed by atoms with Gasteiger partial charge in [0, 0.05) is 22.6 Å². The average Bonchev–Trinajstić information content (AvgIpc) is 2.81. The Morgan fingerprint density at radius 2 is 1.91 bits per heavy atom. The molecule has 1 N–H and O–H groups in total. The minimum Gasteiger partial charge on any atom is -0.478 e. The van der Waals surface area contributed by atoms with Crippen molar-refractivity contribution < 1.29 is 9.90 Å². The van der Waals surface area contributed by atoms with Crippen LogP contribution in [0.3, 0.4) is 0 Å². The van der Waals surface area contributed by atoms with Crippen molar-refractivity contribution in [2.24, 2.45) is 0 Å². The fourth-order valence-electron chi connectivity index (χ4n) is 2.40. The highest BCUT2D eigenvalue weighted by molar-refractivity contribution is 9.10. The summed E-state index contributed by atoms with van der Waals surface area (Å²) in [6.45, 7) is 0.511. The van der Waals surface area contributed by atoms with Crippen molar-refractivity contribution in [3.05, 3.63) is 68.2 Å². The Morgan fingerprint density at radius 3 is 2.59 bits per heavy atom. The average molecular weight is 399 g/mol. The van der Waals surface area contributed by atoms with E-state index in [1.54, 1.807) is 24.4 Å². The Kier molecular flexibility index (Phi) is 4.17. The van der Waals surface area contributed by atoms with Crippen LogP contribution in [0.25, 0.3) is 10.9 Å². The van der Waals surface area contributed by atoms with Gasteiger partial charge in [0.2, 0.25) is 0 Å². The third kappa shape index (κ3) is 2.86. The van der Waals surface area contributed by atoms with E-state index in [1.165, 1.54) is 0 Å². The van der Waals surface area contributed by atoms with Gasteiger partial charge in [-0.15, -0.1) is 0 Å². The lowest BCUT2D eigenvalue weighted by molar-refractivity contribution is 0.0699. The van der Waals surface area contributed by atoms with Gasteiger partial charge < -0.3 is 9.67 Å². The summed E-state index contributed by atoms with van der Waals surface area (Å²) in [5.41, 5.74) is 2.07. The van der Waals surface area contributed by atoms with Crippen LogP contribution in [0.15, 0.2) is 47.1 Å². The molecule has 0 aliphatic heterocycles. The first kappa shape index (κ1) is 15.4. The molecule has 2 aromatic carbocycles. The summed E-state index contributed by atoms with van der Waals surface area (Å²) in [6.07, 6.45) is 1.64. The Balaban J connectivity index is 2.11. The second-order valence-corrected chi connectivity index (χ2v) is 6.62. The van der Waals surface area contributed by atoms with Gasteiger partial charge >= 0.3 is 5.97 Å². The number of hydrogen-bond acceptors (Lipinski definition) is 1. The molecule has 0 unspecified atom stereocenters. The van der Waals surface area contributed by atoms with E-state index < -0.39 is 5.97 Å². The van der Waals surface area contributed by atoms with Crippen LogP contribution >= 0.6 is 39.1 Å². The van der Waals surface area contributed by atoms with Gasteiger partial charge in [-0.05, 0) is 29.8 Å². The van der Waals surface area contributed by atoms with E-state index >= 15 is 0 Å². The van der Waals surface area contributed by atoms with Crippen LogP contribution in [0.2, 0.25) is 10.0 Å². The molecule has 3 nitrogen and oxygen atoms in total. The van der Waals surface area contributed by atoms with Gasteiger partial charge in [-0.1, -0.05) is 51.3 Å². The largest absolute Gasteiger partial charge is 0.478 e. The number of carboxylic acid groups (broad SMARTS) is 1. The predicted octanol–water partition coefficient (Wildman–Crippen LogP) is 5.46. The first-order valence-electron chi connectivity index (χ1n) is 6.41. The first-order valence-corrected chi connectivity index (χ1v) is 7.96. The number of fused-ring (bicyclic) bond motifs is 1. The van der Waals surface area contributed by atoms with Crippen LogP contribution in [-0.2, 0) is 6.54 Å². The number of aromatic carboxylic acids is 1. The van der Waals surface area contributed by atoms with Crippen molar-refractivity contribution in [3.63, 3.8) is 0 Å². The molecule has 0 fully saturated rings. The number of benzene rings is 2. The SMILES string of the molecule is O=C(O)c1cn(Cc2ccc(Cl)c(Cl)c2)c2cc(Br)ccc12. The minimum atomic E-state index is -0.944. The molecule has 0 aliphatic rings. The van der Waals surface area contributed by atoms with E-state index in [1.807, 2.05) is 22.8 Å². The van der Waals surface area contributed by atoms with Crippen LogP contribution in [-0.4, -0.2) is 15.6 Å². The van der Waals surface area contributed by atoms with Crippen molar-refractivity contribution in [2.75, 3.05) is 0 Å². The Hall–Kier alpha value is -1.49. The number of halogens is 3. The summed E-state index contributed by atoms with van der Waals surface area (Å²) in [5.74, 6) is -0.944. The van der Waals surface area contributed by atoms with Crippen molar-refractivity contribution in [1.29, 1.82) is 0 Å². The lowest BCUT2D eigenvalue weighted by Gasteiger charge is -2.07. The number of nitrogens with zero attached hydrogens (tertiary/aromatic N) is 1. The van der Waals surface area contributed by atoms with Crippen molar-refractivity contribution >= 4 is 56.0 Å². The molecule has 0 bridgehead atoms. The fraction of sp³-hybridized carbons (Fsp3) is 0.0625. The summed E-state index contributed by atoms with van der Waals surface area (Å²) in [6, 6.07) is 10.9. The first-order chi connectivity index (χ1) is 10.5.